The lowest BCUT2D eigenvalue weighted by atomic mass is 10.0. The van der Waals surface area contributed by atoms with E-state index >= 15 is 0 Å². The Morgan fingerprint density at radius 2 is 1.69 bits per heavy atom. The molecule has 13 heavy (non-hydrogen) atoms. The average Bonchev–Trinajstić information content (AvgIpc) is 2.08. The summed E-state index contributed by atoms with van der Waals surface area (Å²) in [6.45, 7) is 4.14. The topological polar surface area (TPSA) is 0 Å². The van der Waals surface area contributed by atoms with Crippen molar-refractivity contribution in [3.63, 3.8) is 0 Å². The zero-order valence-corrected chi connectivity index (χ0v) is 9.79. The van der Waals surface area contributed by atoms with E-state index in [4.69, 9.17) is 34.8 Å². The number of hydrogen-bond acceptors (Lipinski definition) is 0. The molecular formula is C10H11Cl3. The predicted octanol–water partition coefficient (Wildman–Crippen LogP) is 4.93. The maximum atomic E-state index is 6.16. The first-order chi connectivity index (χ1) is 6.02. The summed E-state index contributed by atoms with van der Waals surface area (Å²) in [5.74, 6) is 0.388. The highest BCUT2D eigenvalue weighted by Gasteiger charge is 2.13. The van der Waals surface area contributed by atoms with E-state index < -0.39 is 0 Å². The number of rotatable bonds is 2. The molecule has 0 spiro atoms. The first-order valence-electron chi connectivity index (χ1n) is 4.11. The number of benzene rings is 1. The van der Waals surface area contributed by atoms with Gasteiger partial charge in [0.05, 0.1) is 15.4 Å². The third kappa shape index (κ3) is 2.77. The molecule has 0 aliphatic heterocycles. The minimum atomic E-state index is -0.00485. The molecule has 0 amide bonds. The van der Waals surface area contributed by atoms with E-state index in [0.717, 1.165) is 5.56 Å². The van der Waals surface area contributed by atoms with Crippen molar-refractivity contribution in [1.82, 2.24) is 0 Å². The van der Waals surface area contributed by atoms with E-state index in [1.54, 1.807) is 6.07 Å². The monoisotopic (exact) mass is 236 g/mol. The van der Waals surface area contributed by atoms with Gasteiger partial charge < -0.3 is 0 Å². The molecule has 0 saturated heterocycles. The van der Waals surface area contributed by atoms with Crippen molar-refractivity contribution in [2.45, 2.75) is 19.2 Å². The van der Waals surface area contributed by atoms with Gasteiger partial charge in [0.1, 0.15) is 0 Å². The fraction of sp³-hybridized carbons (Fsp3) is 0.400. The second-order valence-corrected chi connectivity index (χ2v) is 4.60. The van der Waals surface area contributed by atoms with E-state index in [1.165, 1.54) is 0 Å². The first-order valence-corrected chi connectivity index (χ1v) is 5.30. The van der Waals surface area contributed by atoms with E-state index in [0.29, 0.717) is 16.0 Å². The van der Waals surface area contributed by atoms with Gasteiger partial charge in [0.15, 0.2) is 0 Å². The molecule has 0 saturated carbocycles. The van der Waals surface area contributed by atoms with E-state index in [2.05, 4.69) is 13.8 Å². The summed E-state index contributed by atoms with van der Waals surface area (Å²) in [5.41, 5.74) is 1.02. The van der Waals surface area contributed by atoms with Crippen LogP contribution in [0, 0.1) is 5.92 Å². The van der Waals surface area contributed by atoms with Crippen LogP contribution in [0.25, 0.3) is 0 Å². The molecule has 0 aromatic heterocycles. The van der Waals surface area contributed by atoms with E-state index in [9.17, 15) is 0 Å². The summed E-state index contributed by atoms with van der Waals surface area (Å²) >= 11 is 17.8. The molecule has 0 aliphatic rings. The minimum Gasteiger partial charge on any atom is -0.118 e. The predicted molar refractivity (Wildman–Crippen MR) is 59.9 cm³/mol. The Hall–Kier alpha value is 0.0900. The van der Waals surface area contributed by atoms with E-state index in [-0.39, 0.29) is 5.38 Å². The van der Waals surface area contributed by atoms with Gasteiger partial charge in [0.25, 0.3) is 0 Å². The van der Waals surface area contributed by atoms with E-state index in [1.807, 2.05) is 12.1 Å². The molecule has 0 N–H and O–H groups in total. The van der Waals surface area contributed by atoms with Gasteiger partial charge in [0.2, 0.25) is 0 Å². The Morgan fingerprint density at radius 3 is 2.15 bits per heavy atom. The number of halogens is 3. The van der Waals surface area contributed by atoms with Gasteiger partial charge in [-0.15, -0.1) is 11.6 Å². The van der Waals surface area contributed by atoms with Crippen LogP contribution in [0.4, 0.5) is 0 Å². The fourth-order valence-electron chi connectivity index (χ4n) is 1.07. The molecular weight excluding hydrogens is 226 g/mol. The maximum Gasteiger partial charge on any atom is 0.0608 e. The molecule has 0 heterocycles. The molecule has 3 heteroatoms. The number of hydrogen-bond donors (Lipinski definition) is 0. The molecule has 0 aliphatic carbocycles. The van der Waals surface area contributed by atoms with Crippen molar-refractivity contribution in [1.29, 1.82) is 0 Å². The first kappa shape index (κ1) is 11.2. The van der Waals surface area contributed by atoms with Crippen molar-refractivity contribution in [3.8, 4) is 0 Å². The summed E-state index contributed by atoms with van der Waals surface area (Å²) < 4.78 is 0. The van der Waals surface area contributed by atoms with Crippen LogP contribution >= 0.6 is 34.8 Å². The molecule has 1 rings (SSSR count). The Morgan fingerprint density at radius 1 is 1.08 bits per heavy atom. The molecule has 0 bridgehead atoms. The highest BCUT2D eigenvalue weighted by molar-refractivity contribution is 6.42. The molecule has 1 aromatic carbocycles. The Labute approximate surface area is 93.8 Å². The normalized spacial score (nSPS) is 13.4. The lowest BCUT2D eigenvalue weighted by Crippen LogP contribution is -1.98. The zero-order chi connectivity index (χ0) is 10.0. The van der Waals surface area contributed by atoms with Crippen molar-refractivity contribution >= 4 is 34.8 Å². The summed E-state index contributed by atoms with van der Waals surface area (Å²) in [5, 5.41) is 1.12. The van der Waals surface area contributed by atoms with Crippen LogP contribution in [-0.2, 0) is 0 Å². The molecule has 0 nitrogen and oxygen atoms in total. The highest BCUT2D eigenvalue weighted by atomic mass is 35.5. The van der Waals surface area contributed by atoms with Crippen LogP contribution in [0.15, 0.2) is 18.2 Å². The van der Waals surface area contributed by atoms with Crippen molar-refractivity contribution in [2.24, 2.45) is 5.92 Å². The summed E-state index contributed by atoms with van der Waals surface area (Å²) in [6.07, 6.45) is 0. The van der Waals surface area contributed by atoms with Crippen molar-refractivity contribution in [3.05, 3.63) is 33.8 Å². The second kappa shape index (κ2) is 4.54. The van der Waals surface area contributed by atoms with Crippen molar-refractivity contribution < 1.29 is 0 Å². The Bertz CT molecular complexity index is 294. The average molecular weight is 238 g/mol. The van der Waals surface area contributed by atoms with Crippen LogP contribution in [0.2, 0.25) is 10.0 Å². The highest BCUT2D eigenvalue weighted by Crippen LogP contribution is 2.32. The fourth-order valence-corrected chi connectivity index (χ4v) is 1.51. The quantitative estimate of drug-likeness (QED) is 0.640. The smallest absolute Gasteiger partial charge is 0.0608 e. The van der Waals surface area contributed by atoms with Crippen LogP contribution in [0.1, 0.15) is 24.8 Å². The van der Waals surface area contributed by atoms with Crippen LogP contribution in [-0.4, -0.2) is 0 Å². The van der Waals surface area contributed by atoms with Gasteiger partial charge in [0, 0.05) is 0 Å². The lowest BCUT2D eigenvalue weighted by molar-refractivity contribution is 0.624. The Kier molecular flexibility index (Phi) is 3.90. The standard InChI is InChI=1S/C10H11Cl3/c1-6(2)10(13)7-3-4-8(11)9(12)5-7/h3-6,10H,1-2H3. The molecule has 72 valence electrons. The van der Waals surface area contributed by atoms with Crippen LogP contribution in [0.5, 0.6) is 0 Å². The van der Waals surface area contributed by atoms with Gasteiger partial charge in [-0.3, -0.25) is 0 Å². The molecule has 0 radical (unpaired) electrons. The van der Waals surface area contributed by atoms with Crippen LogP contribution < -0.4 is 0 Å². The zero-order valence-electron chi connectivity index (χ0n) is 7.52. The summed E-state index contributed by atoms with van der Waals surface area (Å²) in [6, 6.07) is 5.50. The largest absolute Gasteiger partial charge is 0.118 e. The third-order valence-corrected chi connectivity index (χ3v) is 3.34. The van der Waals surface area contributed by atoms with Crippen LogP contribution in [0.3, 0.4) is 0 Å². The molecule has 0 fully saturated rings. The van der Waals surface area contributed by atoms with Gasteiger partial charge in [-0.2, -0.15) is 0 Å². The number of alkyl halides is 1. The summed E-state index contributed by atoms with van der Waals surface area (Å²) in [4.78, 5) is 0. The van der Waals surface area contributed by atoms with Crippen molar-refractivity contribution in [2.75, 3.05) is 0 Å². The Balaban J connectivity index is 2.97. The minimum absolute atomic E-state index is 0.00485. The van der Waals surface area contributed by atoms with Gasteiger partial charge in [-0.25, -0.2) is 0 Å². The van der Waals surface area contributed by atoms with Gasteiger partial charge >= 0.3 is 0 Å². The molecule has 1 unspecified atom stereocenters. The SMILES string of the molecule is CC(C)C(Cl)c1ccc(Cl)c(Cl)c1. The maximum absolute atomic E-state index is 6.16. The van der Waals surface area contributed by atoms with Gasteiger partial charge in [-0.05, 0) is 23.6 Å². The second-order valence-electron chi connectivity index (χ2n) is 3.32. The third-order valence-electron chi connectivity index (χ3n) is 1.85. The lowest BCUT2D eigenvalue weighted by Gasteiger charge is -2.13. The summed E-state index contributed by atoms with van der Waals surface area (Å²) in [7, 11) is 0. The van der Waals surface area contributed by atoms with Gasteiger partial charge in [-0.1, -0.05) is 43.1 Å². The molecule has 1 atom stereocenters. The molecule has 1 aromatic rings.